The number of fused-ring (bicyclic) bond motifs is 1. The fourth-order valence-corrected chi connectivity index (χ4v) is 2.11. The molecule has 0 N–H and O–H groups in total. The smallest absolute Gasteiger partial charge is 0.341 e. The van der Waals surface area contributed by atoms with Gasteiger partial charge in [0.05, 0.1) is 7.11 Å². The number of esters is 1. The summed E-state index contributed by atoms with van der Waals surface area (Å²) in [7, 11) is 1.35. The third kappa shape index (κ3) is 1.74. The van der Waals surface area contributed by atoms with E-state index in [1.807, 2.05) is 0 Å². The number of rotatable bonds is 2. The SMILES string of the molecule is COC(=O)c1cccn2nc(C3CCCO3)nc12. The van der Waals surface area contributed by atoms with Crippen LogP contribution < -0.4 is 0 Å². The van der Waals surface area contributed by atoms with Crippen molar-refractivity contribution in [1.29, 1.82) is 0 Å². The van der Waals surface area contributed by atoms with Gasteiger partial charge in [0, 0.05) is 12.8 Å². The Balaban J connectivity index is 2.08. The van der Waals surface area contributed by atoms with E-state index in [9.17, 15) is 4.79 Å². The molecule has 3 heterocycles. The van der Waals surface area contributed by atoms with Gasteiger partial charge in [-0.3, -0.25) is 0 Å². The van der Waals surface area contributed by atoms with Gasteiger partial charge >= 0.3 is 5.97 Å². The first-order chi connectivity index (χ1) is 8.79. The van der Waals surface area contributed by atoms with Crippen LogP contribution in [0.2, 0.25) is 0 Å². The summed E-state index contributed by atoms with van der Waals surface area (Å²) in [4.78, 5) is 16.0. The highest BCUT2D eigenvalue weighted by Gasteiger charge is 2.23. The van der Waals surface area contributed by atoms with Crippen LogP contribution in [0.4, 0.5) is 0 Å². The third-order valence-electron chi connectivity index (χ3n) is 3.00. The summed E-state index contributed by atoms with van der Waals surface area (Å²) in [6, 6.07) is 3.42. The first-order valence-electron chi connectivity index (χ1n) is 5.85. The summed E-state index contributed by atoms with van der Waals surface area (Å²) in [5.74, 6) is 0.218. The maximum atomic E-state index is 11.6. The Hall–Kier alpha value is -1.95. The van der Waals surface area contributed by atoms with Gasteiger partial charge in [0.2, 0.25) is 0 Å². The van der Waals surface area contributed by atoms with Gasteiger partial charge < -0.3 is 9.47 Å². The Bertz CT molecular complexity index is 587. The van der Waals surface area contributed by atoms with Crippen molar-refractivity contribution < 1.29 is 14.3 Å². The second-order valence-electron chi connectivity index (χ2n) is 4.15. The van der Waals surface area contributed by atoms with Crippen LogP contribution in [0.15, 0.2) is 18.3 Å². The van der Waals surface area contributed by atoms with E-state index in [1.165, 1.54) is 7.11 Å². The van der Waals surface area contributed by atoms with Gasteiger partial charge in [-0.15, -0.1) is 5.10 Å². The molecule has 1 aliphatic rings. The summed E-state index contributed by atoms with van der Waals surface area (Å²) in [6.45, 7) is 0.740. The molecule has 1 aliphatic heterocycles. The number of aromatic nitrogens is 3. The number of nitrogens with zero attached hydrogens (tertiary/aromatic N) is 3. The van der Waals surface area contributed by atoms with E-state index < -0.39 is 5.97 Å². The second kappa shape index (κ2) is 4.38. The molecule has 2 aromatic rings. The number of carbonyl (C=O) groups excluding carboxylic acids is 1. The van der Waals surface area contributed by atoms with E-state index in [-0.39, 0.29) is 6.10 Å². The Kier molecular flexibility index (Phi) is 2.71. The van der Waals surface area contributed by atoms with Crippen molar-refractivity contribution in [2.75, 3.05) is 13.7 Å². The maximum Gasteiger partial charge on any atom is 0.341 e. The van der Waals surface area contributed by atoms with Gasteiger partial charge in [0.25, 0.3) is 0 Å². The van der Waals surface area contributed by atoms with Gasteiger partial charge in [-0.2, -0.15) is 0 Å². The predicted molar refractivity (Wildman–Crippen MR) is 62.3 cm³/mol. The lowest BCUT2D eigenvalue weighted by Gasteiger charge is -2.01. The standard InChI is InChI=1S/C12H13N3O3/c1-17-12(16)8-4-2-6-15-11(8)13-10(14-15)9-5-3-7-18-9/h2,4,6,9H,3,5,7H2,1H3. The predicted octanol–water partition coefficient (Wildman–Crippen LogP) is 1.37. The van der Waals surface area contributed by atoms with Crippen LogP contribution in [0.25, 0.3) is 5.65 Å². The molecule has 1 saturated heterocycles. The van der Waals surface area contributed by atoms with Crippen molar-refractivity contribution in [2.45, 2.75) is 18.9 Å². The highest BCUT2D eigenvalue weighted by Crippen LogP contribution is 2.26. The van der Waals surface area contributed by atoms with Gasteiger partial charge in [0.15, 0.2) is 11.5 Å². The molecule has 0 amide bonds. The van der Waals surface area contributed by atoms with Crippen LogP contribution in [-0.2, 0) is 9.47 Å². The quantitative estimate of drug-likeness (QED) is 0.750. The topological polar surface area (TPSA) is 65.7 Å². The van der Waals surface area contributed by atoms with Crippen molar-refractivity contribution in [3.05, 3.63) is 29.7 Å². The Labute approximate surface area is 104 Å². The molecule has 1 fully saturated rings. The molecule has 0 bridgehead atoms. The van der Waals surface area contributed by atoms with Gasteiger partial charge in [-0.05, 0) is 25.0 Å². The summed E-state index contributed by atoms with van der Waals surface area (Å²) in [6.07, 6.45) is 3.64. The number of hydrogen-bond acceptors (Lipinski definition) is 5. The zero-order chi connectivity index (χ0) is 12.5. The van der Waals surface area contributed by atoms with Gasteiger partial charge in [0.1, 0.15) is 11.7 Å². The van der Waals surface area contributed by atoms with E-state index in [2.05, 4.69) is 10.1 Å². The van der Waals surface area contributed by atoms with E-state index in [1.54, 1.807) is 22.8 Å². The number of hydrogen-bond donors (Lipinski definition) is 0. The Morgan fingerprint density at radius 1 is 1.61 bits per heavy atom. The zero-order valence-corrected chi connectivity index (χ0v) is 10.00. The van der Waals surface area contributed by atoms with Crippen molar-refractivity contribution in [2.24, 2.45) is 0 Å². The van der Waals surface area contributed by atoms with Crippen LogP contribution in [0.5, 0.6) is 0 Å². The highest BCUT2D eigenvalue weighted by atomic mass is 16.5. The van der Waals surface area contributed by atoms with Crippen LogP contribution in [0.3, 0.4) is 0 Å². The average Bonchev–Trinajstić information content (AvgIpc) is 3.04. The minimum atomic E-state index is -0.410. The van der Waals surface area contributed by atoms with E-state index in [4.69, 9.17) is 9.47 Å². The number of carbonyl (C=O) groups is 1. The summed E-state index contributed by atoms with van der Waals surface area (Å²) >= 11 is 0. The molecule has 0 radical (unpaired) electrons. The molecule has 0 aliphatic carbocycles. The van der Waals surface area contributed by atoms with Crippen LogP contribution >= 0.6 is 0 Å². The molecule has 0 saturated carbocycles. The summed E-state index contributed by atoms with van der Waals surface area (Å²) < 4.78 is 11.9. The minimum absolute atomic E-state index is 0.0598. The van der Waals surface area contributed by atoms with E-state index >= 15 is 0 Å². The zero-order valence-electron chi connectivity index (χ0n) is 10.00. The van der Waals surface area contributed by atoms with Gasteiger partial charge in [-0.25, -0.2) is 14.3 Å². The largest absolute Gasteiger partial charge is 0.465 e. The van der Waals surface area contributed by atoms with Crippen molar-refractivity contribution in [3.63, 3.8) is 0 Å². The van der Waals surface area contributed by atoms with E-state index in [0.717, 1.165) is 19.4 Å². The molecule has 2 aromatic heterocycles. The number of ether oxygens (including phenoxy) is 2. The lowest BCUT2D eigenvalue weighted by molar-refractivity contribution is 0.0602. The first-order valence-corrected chi connectivity index (χ1v) is 5.85. The van der Waals surface area contributed by atoms with E-state index in [0.29, 0.717) is 17.0 Å². The molecule has 18 heavy (non-hydrogen) atoms. The molecule has 0 spiro atoms. The molecule has 1 atom stereocenters. The fourth-order valence-electron chi connectivity index (χ4n) is 2.11. The lowest BCUT2D eigenvalue weighted by atomic mass is 10.2. The second-order valence-corrected chi connectivity index (χ2v) is 4.15. The Morgan fingerprint density at radius 2 is 2.50 bits per heavy atom. The molecule has 94 valence electrons. The molecule has 6 heteroatoms. The Morgan fingerprint density at radius 3 is 3.22 bits per heavy atom. The van der Waals surface area contributed by atoms with Crippen LogP contribution in [0.1, 0.15) is 35.1 Å². The number of pyridine rings is 1. The highest BCUT2D eigenvalue weighted by molar-refractivity contribution is 5.95. The fraction of sp³-hybridized carbons (Fsp3) is 0.417. The van der Waals surface area contributed by atoms with Crippen molar-refractivity contribution >= 4 is 11.6 Å². The van der Waals surface area contributed by atoms with Crippen LogP contribution in [0, 0.1) is 0 Å². The molecular formula is C12H13N3O3. The maximum absolute atomic E-state index is 11.6. The first kappa shape index (κ1) is 11.2. The van der Waals surface area contributed by atoms with Crippen molar-refractivity contribution in [3.8, 4) is 0 Å². The average molecular weight is 247 g/mol. The lowest BCUT2D eigenvalue weighted by Crippen LogP contribution is -2.04. The molecule has 1 unspecified atom stereocenters. The third-order valence-corrected chi connectivity index (χ3v) is 3.00. The molecule has 0 aromatic carbocycles. The van der Waals surface area contributed by atoms with Gasteiger partial charge in [-0.1, -0.05) is 0 Å². The summed E-state index contributed by atoms with van der Waals surface area (Å²) in [5, 5.41) is 4.34. The monoisotopic (exact) mass is 247 g/mol. The van der Waals surface area contributed by atoms with Crippen molar-refractivity contribution in [1.82, 2.24) is 14.6 Å². The normalized spacial score (nSPS) is 19.3. The molecule has 3 rings (SSSR count). The molecular weight excluding hydrogens is 234 g/mol. The van der Waals surface area contributed by atoms with Crippen LogP contribution in [-0.4, -0.2) is 34.3 Å². The number of methoxy groups -OCH3 is 1. The minimum Gasteiger partial charge on any atom is -0.465 e. The summed E-state index contributed by atoms with van der Waals surface area (Å²) in [5.41, 5.74) is 0.923. The molecule has 6 nitrogen and oxygen atoms in total.